The maximum absolute atomic E-state index is 12.5. The van der Waals surface area contributed by atoms with Gasteiger partial charge in [0, 0.05) is 6.42 Å². The Bertz CT molecular complexity index is 755. The largest absolute Gasteiger partial charge is 0.488 e. The zero-order valence-corrected chi connectivity index (χ0v) is 16.9. The molecule has 6 nitrogen and oxygen atoms in total. The zero-order chi connectivity index (χ0) is 20.4. The molecule has 2 bridgehead atoms. The standard InChI is InChI=1S/C21H28O6/c1-20(2,3)13-9-10-14-18(16(13)17(23)19(24)27-14)26-12-21(4,5)11-7-8-15(22)25-6/h9-10H,7-8,11-12H2,1-6H3. The molecule has 0 spiro atoms. The van der Waals surface area contributed by atoms with Gasteiger partial charge in [0.2, 0.25) is 0 Å². The maximum atomic E-state index is 12.5. The van der Waals surface area contributed by atoms with Crippen LogP contribution in [-0.2, 0) is 19.7 Å². The van der Waals surface area contributed by atoms with Crippen molar-refractivity contribution in [2.24, 2.45) is 5.41 Å². The number of carbonyl (C=O) groups excluding carboxylic acids is 3. The highest BCUT2D eigenvalue weighted by Gasteiger charge is 2.37. The second-order valence-corrected chi connectivity index (χ2v) is 8.67. The van der Waals surface area contributed by atoms with Gasteiger partial charge in [-0.1, -0.05) is 40.7 Å². The lowest BCUT2D eigenvalue weighted by atomic mass is 9.81. The molecular formula is C21H28O6. The molecule has 27 heavy (non-hydrogen) atoms. The number of carbonyl (C=O) groups is 3. The number of benzene rings is 1. The van der Waals surface area contributed by atoms with Crippen molar-refractivity contribution in [3.05, 3.63) is 23.3 Å². The average molecular weight is 376 g/mol. The third-order valence-corrected chi connectivity index (χ3v) is 4.61. The summed E-state index contributed by atoms with van der Waals surface area (Å²) in [6, 6.07) is 3.48. The smallest absolute Gasteiger partial charge is 0.385 e. The van der Waals surface area contributed by atoms with Gasteiger partial charge in [-0.25, -0.2) is 4.79 Å². The van der Waals surface area contributed by atoms with Gasteiger partial charge >= 0.3 is 11.9 Å². The number of hydrogen-bond donors (Lipinski definition) is 0. The number of ketones is 1. The lowest BCUT2D eigenvalue weighted by molar-refractivity contribution is -0.140. The van der Waals surface area contributed by atoms with Crippen LogP contribution >= 0.6 is 0 Å². The number of fused-ring (bicyclic) bond motifs is 2. The summed E-state index contributed by atoms with van der Waals surface area (Å²) in [5, 5.41) is 0. The molecule has 0 unspecified atom stereocenters. The topological polar surface area (TPSA) is 78.9 Å². The Labute approximate surface area is 160 Å². The Kier molecular flexibility index (Phi) is 5.97. The molecule has 1 aromatic rings. The molecule has 0 radical (unpaired) electrons. The Hall–Kier alpha value is -2.37. The highest BCUT2D eigenvalue weighted by atomic mass is 16.6. The minimum absolute atomic E-state index is 0.230. The van der Waals surface area contributed by atoms with Crippen LogP contribution in [0.3, 0.4) is 0 Å². The minimum Gasteiger partial charge on any atom is -0.488 e. The van der Waals surface area contributed by atoms with Crippen LogP contribution in [0, 0.1) is 5.41 Å². The van der Waals surface area contributed by atoms with Crippen molar-refractivity contribution in [3.63, 3.8) is 0 Å². The second kappa shape index (κ2) is 7.71. The molecule has 0 aromatic heterocycles. The molecule has 0 N–H and O–H groups in total. The predicted molar refractivity (Wildman–Crippen MR) is 100 cm³/mol. The maximum Gasteiger partial charge on any atom is 0.385 e. The van der Waals surface area contributed by atoms with Gasteiger partial charge in [0.25, 0.3) is 5.78 Å². The normalized spacial score (nSPS) is 14.0. The van der Waals surface area contributed by atoms with Gasteiger partial charge in [0.15, 0.2) is 11.5 Å². The van der Waals surface area contributed by atoms with E-state index in [2.05, 4.69) is 4.74 Å². The summed E-state index contributed by atoms with van der Waals surface area (Å²) in [4.78, 5) is 35.6. The van der Waals surface area contributed by atoms with E-state index in [0.29, 0.717) is 30.8 Å². The molecular weight excluding hydrogens is 348 g/mol. The number of rotatable bonds is 7. The van der Waals surface area contributed by atoms with E-state index >= 15 is 0 Å². The Morgan fingerprint density at radius 3 is 2.37 bits per heavy atom. The first kappa shape index (κ1) is 20.9. The van der Waals surface area contributed by atoms with Crippen molar-refractivity contribution in [3.8, 4) is 11.5 Å². The molecule has 1 aliphatic rings. The molecule has 1 heterocycles. The molecule has 0 saturated heterocycles. The van der Waals surface area contributed by atoms with Crippen LogP contribution in [0.1, 0.15) is 69.8 Å². The highest BCUT2D eigenvalue weighted by molar-refractivity contribution is 6.43. The van der Waals surface area contributed by atoms with Crippen LogP contribution in [0.2, 0.25) is 0 Å². The molecule has 0 saturated carbocycles. The summed E-state index contributed by atoms with van der Waals surface area (Å²) in [7, 11) is 1.37. The van der Waals surface area contributed by atoms with Gasteiger partial charge in [0.05, 0.1) is 19.3 Å². The summed E-state index contributed by atoms with van der Waals surface area (Å²) >= 11 is 0. The van der Waals surface area contributed by atoms with Gasteiger partial charge in [-0.2, -0.15) is 0 Å². The van der Waals surface area contributed by atoms with Gasteiger partial charge < -0.3 is 14.2 Å². The fraction of sp³-hybridized carbons (Fsp3) is 0.571. The van der Waals surface area contributed by atoms with Crippen LogP contribution in [-0.4, -0.2) is 31.4 Å². The van der Waals surface area contributed by atoms with E-state index in [9.17, 15) is 14.4 Å². The molecule has 0 amide bonds. The van der Waals surface area contributed by atoms with Gasteiger partial charge in [-0.15, -0.1) is 0 Å². The van der Waals surface area contributed by atoms with E-state index in [4.69, 9.17) is 9.47 Å². The molecule has 0 atom stereocenters. The SMILES string of the molecule is COC(=O)CCCC(C)(C)COc1c2ccc(C(C)(C)C)c1C(=O)C(=O)O2. The average Bonchev–Trinajstić information content (AvgIpc) is 2.56. The fourth-order valence-electron chi connectivity index (χ4n) is 3.04. The monoisotopic (exact) mass is 376 g/mol. The first-order chi connectivity index (χ1) is 12.5. The van der Waals surface area contributed by atoms with Crippen molar-refractivity contribution in [1.82, 2.24) is 0 Å². The van der Waals surface area contributed by atoms with Crippen molar-refractivity contribution in [2.45, 2.75) is 59.3 Å². The molecule has 2 rings (SSSR count). The van der Waals surface area contributed by atoms with Crippen molar-refractivity contribution in [2.75, 3.05) is 13.7 Å². The molecule has 1 aromatic carbocycles. The van der Waals surface area contributed by atoms with Crippen LogP contribution in [0.15, 0.2) is 12.1 Å². The fourth-order valence-corrected chi connectivity index (χ4v) is 3.04. The Balaban J connectivity index is 2.21. The number of methoxy groups -OCH3 is 1. The first-order valence-corrected chi connectivity index (χ1v) is 9.10. The second-order valence-electron chi connectivity index (χ2n) is 8.67. The van der Waals surface area contributed by atoms with E-state index in [0.717, 1.165) is 12.0 Å². The predicted octanol–water partition coefficient (Wildman–Crippen LogP) is 3.83. The van der Waals surface area contributed by atoms with Crippen molar-refractivity contribution in [1.29, 1.82) is 0 Å². The number of hydrogen-bond acceptors (Lipinski definition) is 6. The summed E-state index contributed by atoms with van der Waals surface area (Å²) in [6.45, 7) is 10.3. The molecule has 148 valence electrons. The van der Waals surface area contributed by atoms with E-state index in [1.54, 1.807) is 6.07 Å². The van der Waals surface area contributed by atoms with Crippen LogP contribution in [0.25, 0.3) is 0 Å². The molecule has 0 aliphatic carbocycles. The summed E-state index contributed by atoms with van der Waals surface area (Å²) < 4.78 is 15.8. The van der Waals surface area contributed by atoms with Gasteiger partial charge in [-0.3, -0.25) is 9.59 Å². The lowest BCUT2D eigenvalue weighted by Gasteiger charge is -2.30. The van der Waals surface area contributed by atoms with E-state index < -0.39 is 11.8 Å². The third-order valence-electron chi connectivity index (χ3n) is 4.61. The zero-order valence-electron chi connectivity index (χ0n) is 16.9. The molecule has 0 fully saturated rings. The summed E-state index contributed by atoms with van der Waals surface area (Å²) in [6.07, 6.45) is 1.78. The number of Topliss-reactive ketones (excluding diaryl/α,β-unsaturated/α-hetero) is 1. The number of ether oxygens (including phenoxy) is 3. The van der Waals surface area contributed by atoms with E-state index in [1.165, 1.54) is 7.11 Å². The van der Waals surface area contributed by atoms with Crippen molar-refractivity contribution >= 4 is 17.7 Å². The molecule has 1 aliphatic heterocycles. The van der Waals surface area contributed by atoms with Crippen LogP contribution < -0.4 is 9.47 Å². The Morgan fingerprint density at radius 2 is 1.78 bits per heavy atom. The van der Waals surface area contributed by atoms with Gasteiger partial charge in [-0.05, 0) is 35.3 Å². The van der Waals surface area contributed by atoms with Crippen LogP contribution in [0.5, 0.6) is 11.5 Å². The van der Waals surface area contributed by atoms with Gasteiger partial charge in [0.1, 0.15) is 0 Å². The number of esters is 2. The summed E-state index contributed by atoms with van der Waals surface area (Å²) in [5.41, 5.74) is 0.495. The highest BCUT2D eigenvalue weighted by Crippen LogP contribution is 2.42. The third kappa shape index (κ3) is 4.87. The lowest BCUT2D eigenvalue weighted by Crippen LogP contribution is -2.31. The molecule has 6 heteroatoms. The van der Waals surface area contributed by atoms with E-state index in [1.807, 2.05) is 40.7 Å². The Morgan fingerprint density at radius 1 is 1.11 bits per heavy atom. The van der Waals surface area contributed by atoms with E-state index in [-0.39, 0.29) is 22.5 Å². The van der Waals surface area contributed by atoms with Crippen LogP contribution in [0.4, 0.5) is 0 Å². The quantitative estimate of drug-likeness (QED) is 0.409. The van der Waals surface area contributed by atoms with Crippen molar-refractivity contribution < 1.29 is 28.6 Å². The summed E-state index contributed by atoms with van der Waals surface area (Å²) in [5.74, 6) is -1.19. The minimum atomic E-state index is -0.879. The first-order valence-electron chi connectivity index (χ1n) is 9.10.